The number of nitrogens with zero attached hydrogens (tertiary/aromatic N) is 3. The van der Waals surface area contributed by atoms with Crippen molar-refractivity contribution in [3.05, 3.63) is 54.1 Å². The van der Waals surface area contributed by atoms with E-state index in [1.165, 1.54) is 4.31 Å². The summed E-state index contributed by atoms with van der Waals surface area (Å²) in [6, 6.07) is 13.9. The van der Waals surface area contributed by atoms with E-state index in [0.717, 1.165) is 24.1 Å². The average molecular weight is 369 g/mol. The Morgan fingerprint density at radius 2 is 1.62 bits per heavy atom. The van der Waals surface area contributed by atoms with Crippen LogP contribution in [-0.4, -0.2) is 44.5 Å². The number of aliphatic imine (C=N–C) groups is 1. The quantitative estimate of drug-likeness (QED) is 0.835. The van der Waals surface area contributed by atoms with Gasteiger partial charge >= 0.3 is 0 Å². The zero-order chi connectivity index (χ0) is 18.3. The summed E-state index contributed by atoms with van der Waals surface area (Å²) < 4.78 is 26.7. The van der Waals surface area contributed by atoms with Crippen LogP contribution in [0.5, 0.6) is 0 Å². The fourth-order valence-electron chi connectivity index (χ4n) is 3.36. The third kappa shape index (κ3) is 2.73. The number of rotatable bonds is 3. The molecule has 134 valence electrons. The maximum Gasteiger partial charge on any atom is 0.277 e. The second-order valence-corrected chi connectivity index (χ2v) is 8.38. The van der Waals surface area contributed by atoms with Gasteiger partial charge in [0, 0.05) is 25.7 Å². The predicted molar refractivity (Wildman–Crippen MR) is 100 cm³/mol. The highest BCUT2D eigenvalue weighted by Gasteiger charge is 2.31. The Labute approximate surface area is 152 Å². The minimum Gasteiger partial charge on any atom is -0.309 e. The fraction of sp³-hybridized carbons (Fsp3) is 0.263. The number of benzene rings is 2. The van der Waals surface area contributed by atoms with Crippen molar-refractivity contribution in [1.29, 1.82) is 0 Å². The van der Waals surface area contributed by atoms with Gasteiger partial charge in [0.2, 0.25) is 10.0 Å². The zero-order valence-corrected chi connectivity index (χ0v) is 15.2. The molecule has 1 saturated heterocycles. The van der Waals surface area contributed by atoms with Gasteiger partial charge < -0.3 is 4.90 Å². The maximum atomic E-state index is 12.6. The molecule has 2 aromatic carbocycles. The SMILES string of the molecule is CN1C(=O)C(=Nc2ccc(S(=O)(=O)N3CCCC3)cc2)c2ccccc21. The number of carbonyl (C=O) groups excluding carboxylic acids is 1. The first-order valence-electron chi connectivity index (χ1n) is 8.55. The molecule has 0 bridgehead atoms. The van der Waals surface area contributed by atoms with Gasteiger partial charge in [-0.15, -0.1) is 0 Å². The van der Waals surface area contributed by atoms with Gasteiger partial charge in [-0.05, 0) is 43.2 Å². The number of hydrogen-bond acceptors (Lipinski definition) is 4. The smallest absolute Gasteiger partial charge is 0.277 e. The van der Waals surface area contributed by atoms with Gasteiger partial charge in [0.05, 0.1) is 16.3 Å². The van der Waals surface area contributed by atoms with Gasteiger partial charge in [0.1, 0.15) is 5.71 Å². The summed E-state index contributed by atoms with van der Waals surface area (Å²) in [7, 11) is -1.72. The molecule has 0 aromatic heterocycles. The standard InChI is InChI=1S/C19H19N3O3S/c1-21-17-7-3-2-6-16(17)18(19(21)23)20-14-8-10-15(11-9-14)26(24,25)22-12-4-5-13-22/h2-3,6-11H,4-5,12-13H2,1H3. The van der Waals surface area contributed by atoms with E-state index < -0.39 is 10.0 Å². The van der Waals surface area contributed by atoms with Gasteiger partial charge in [-0.1, -0.05) is 18.2 Å². The van der Waals surface area contributed by atoms with E-state index in [1.54, 1.807) is 36.2 Å². The molecular weight excluding hydrogens is 350 g/mol. The summed E-state index contributed by atoms with van der Waals surface area (Å²) in [6.07, 6.45) is 1.81. The molecule has 4 rings (SSSR count). The van der Waals surface area contributed by atoms with Crippen LogP contribution < -0.4 is 4.90 Å². The Bertz CT molecular complexity index is 991. The average Bonchev–Trinajstić information content (AvgIpc) is 3.27. The lowest BCUT2D eigenvalue weighted by molar-refractivity contribution is -0.111. The van der Waals surface area contributed by atoms with Crippen LogP contribution in [0, 0.1) is 0 Å². The zero-order valence-electron chi connectivity index (χ0n) is 14.4. The van der Waals surface area contributed by atoms with Crippen molar-refractivity contribution >= 4 is 33.0 Å². The number of fused-ring (bicyclic) bond motifs is 1. The van der Waals surface area contributed by atoms with Crippen LogP contribution in [0.3, 0.4) is 0 Å². The summed E-state index contributed by atoms with van der Waals surface area (Å²) >= 11 is 0. The lowest BCUT2D eigenvalue weighted by Crippen LogP contribution is -2.27. The minimum atomic E-state index is -3.44. The van der Waals surface area contributed by atoms with Crippen molar-refractivity contribution in [1.82, 2.24) is 4.31 Å². The molecule has 6 nitrogen and oxygen atoms in total. The van der Waals surface area contributed by atoms with E-state index in [9.17, 15) is 13.2 Å². The fourth-order valence-corrected chi connectivity index (χ4v) is 4.87. The molecule has 26 heavy (non-hydrogen) atoms. The summed E-state index contributed by atoms with van der Waals surface area (Å²) in [4.78, 5) is 18.8. The lowest BCUT2D eigenvalue weighted by Gasteiger charge is -2.15. The summed E-state index contributed by atoms with van der Waals surface area (Å²) in [5.74, 6) is -0.167. The monoisotopic (exact) mass is 369 g/mol. The lowest BCUT2D eigenvalue weighted by atomic mass is 10.1. The van der Waals surface area contributed by atoms with Crippen LogP contribution in [0.4, 0.5) is 11.4 Å². The Balaban J connectivity index is 1.66. The molecule has 0 saturated carbocycles. The molecule has 1 fully saturated rings. The van der Waals surface area contributed by atoms with E-state index >= 15 is 0 Å². The summed E-state index contributed by atoms with van der Waals surface area (Å²) in [5.41, 5.74) is 2.54. The molecule has 2 aliphatic rings. The Hall–Kier alpha value is -2.51. The summed E-state index contributed by atoms with van der Waals surface area (Å²) in [5, 5.41) is 0. The molecule has 2 aromatic rings. The van der Waals surface area contributed by atoms with E-state index in [-0.39, 0.29) is 10.8 Å². The van der Waals surface area contributed by atoms with E-state index in [4.69, 9.17) is 0 Å². The first kappa shape index (κ1) is 16.9. The van der Waals surface area contributed by atoms with Gasteiger partial charge in [0.15, 0.2) is 0 Å². The van der Waals surface area contributed by atoms with Crippen molar-refractivity contribution in [2.75, 3.05) is 25.0 Å². The predicted octanol–water partition coefficient (Wildman–Crippen LogP) is 2.57. The normalized spacial score (nSPS) is 19.3. The Kier molecular flexibility index (Phi) is 4.13. The molecule has 2 aliphatic heterocycles. The molecule has 0 radical (unpaired) electrons. The highest BCUT2D eigenvalue weighted by molar-refractivity contribution is 7.89. The second kappa shape index (κ2) is 6.34. The third-order valence-electron chi connectivity index (χ3n) is 4.81. The van der Waals surface area contributed by atoms with Crippen molar-refractivity contribution in [2.24, 2.45) is 4.99 Å². The molecular formula is C19H19N3O3S. The first-order chi connectivity index (χ1) is 12.5. The highest BCUT2D eigenvalue weighted by Crippen LogP contribution is 2.30. The Morgan fingerprint density at radius 1 is 0.962 bits per heavy atom. The van der Waals surface area contributed by atoms with Crippen LogP contribution in [0.2, 0.25) is 0 Å². The van der Waals surface area contributed by atoms with Crippen molar-refractivity contribution < 1.29 is 13.2 Å². The highest BCUT2D eigenvalue weighted by atomic mass is 32.2. The molecule has 0 unspecified atom stereocenters. The number of likely N-dealkylation sites (N-methyl/N-ethyl adjacent to an activating group) is 1. The summed E-state index contributed by atoms with van der Waals surface area (Å²) in [6.45, 7) is 1.15. The number of hydrogen-bond donors (Lipinski definition) is 0. The molecule has 0 atom stereocenters. The molecule has 0 aliphatic carbocycles. The number of sulfonamides is 1. The van der Waals surface area contributed by atoms with Crippen LogP contribution >= 0.6 is 0 Å². The van der Waals surface area contributed by atoms with Crippen LogP contribution in [0.15, 0.2) is 58.4 Å². The van der Waals surface area contributed by atoms with Crippen LogP contribution in [-0.2, 0) is 14.8 Å². The molecule has 1 amide bonds. The van der Waals surface area contributed by atoms with Crippen molar-refractivity contribution in [3.63, 3.8) is 0 Å². The van der Waals surface area contributed by atoms with E-state index in [1.807, 2.05) is 24.3 Å². The van der Waals surface area contributed by atoms with Crippen LogP contribution in [0.1, 0.15) is 18.4 Å². The Morgan fingerprint density at radius 3 is 2.31 bits per heavy atom. The minimum absolute atomic E-state index is 0.167. The number of anilines is 1. The molecule has 0 spiro atoms. The van der Waals surface area contributed by atoms with Gasteiger partial charge in [-0.3, -0.25) is 4.79 Å². The van der Waals surface area contributed by atoms with E-state index in [0.29, 0.717) is 24.5 Å². The number of carbonyl (C=O) groups is 1. The van der Waals surface area contributed by atoms with Crippen LogP contribution in [0.25, 0.3) is 0 Å². The molecule has 7 heteroatoms. The van der Waals surface area contributed by atoms with Gasteiger partial charge in [0.25, 0.3) is 5.91 Å². The van der Waals surface area contributed by atoms with E-state index in [2.05, 4.69) is 4.99 Å². The first-order valence-corrected chi connectivity index (χ1v) is 9.99. The van der Waals surface area contributed by atoms with Gasteiger partial charge in [-0.2, -0.15) is 4.31 Å². The second-order valence-electron chi connectivity index (χ2n) is 6.45. The number of para-hydroxylation sites is 1. The van der Waals surface area contributed by atoms with Gasteiger partial charge in [-0.25, -0.2) is 13.4 Å². The molecule has 0 N–H and O–H groups in total. The van der Waals surface area contributed by atoms with Crippen molar-refractivity contribution in [3.8, 4) is 0 Å². The third-order valence-corrected chi connectivity index (χ3v) is 6.72. The van der Waals surface area contributed by atoms with Crippen molar-refractivity contribution in [2.45, 2.75) is 17.7 Å². The largest absolute Gasteiger partial charge is 0.309 e. The topological polar surface area (TPSA) is 70.0 Å². The maximum absolute atomic E-state index is 12.6. The number of amides is 1. The molecule has 2 heterocycles.